The van der Waals surface area contributed by atoms with Crippen molar-refractivity contribution in [2.45, 2.75) is 215 Å². The molecule has 0 spiro atoms. The number of ether oxygens (including phenoxy) is 3. The maximum absolute atomic E-state index is 13.3. The summed E-state index contributed by atoms with van der Waals surface area (Å²) in [5.41, 5.74) is -0.0149. The third-order valence-electron chi connectivity index (χ3n) is 9.90. The summed E-state index contributed by atoms with van der Waals surface area (Å²) >= 11 is 0. The van der Waals surface area contributed by atoms with Gasteiger partial charge in [0, 0.05) is 19.4 Å². The third kappa shape index (κ3) is 35.5. The number of esters is 3. The molecule has 54 heavy (non-hydrogen) atoms. The average Bonchev–Trinajstić information content (AvgIpc) is 3.08. The van der Waals surface area contributed by atoms with E-state index in [9.17, 15) is 14.4 Å². The molecule has 7 heteroatoms. The minimum absolute atomic E-state index is 0.0333. The maximum Gasteiger partial charge on any atom is 0.306 e. The lowest BCUT2D eigenvalue weighted by molar-refractivity contribution is -0.153. The Hall–Kier alpha value is -2.15. The molecule has 0 aliphatic heterocycles. The van der Waals surface area contributed by atoms with Crippen molar-refractivity contribution >= 4 is 17.9 Å². The van der Waals surface area contributed by atoms with Crippen molar-refractivity contribution in [3.63, 3.8) is 0 Å². The highest BCUT2D eigenvalue weighted by atomic mass is 16.5. The molecule has 0 atom stereocenters. The molecule has 0 saturated heterocycles. The first-order valence-corrected chi connectivity index (χ1v) is 22.3. The molecule has 0 fully saturated rings. The van der Waals surface area contributed by atoms with Gasteiger partial charge >= 0.3 is 17.9 Å². The SMILES string of the molecule is CCCCC/C=C/COC(=O)CCCCCCCCC(CCCCCCCCC(=O)OC/C=C/CCCCC)OC(=O)CC(C)(C)CC(C)(C)CN(C)C. The molecule has 0 aromatic heterocycles. The van der Waals surface area contributed by atoms with Gasteiger partial charge in [0.1, 0.15) is 19.3 Å². The Kier molecular flexibility index (Phi) is 32.8. The van der Waals surface area contributed by atoms with Crippen LogP contribution in [0.25, 0.3) is 0 Å². The molecule has 0 amide bonds. The topological polar surface area (TPSA) is 82.1 Å². The van der Waals surface area contributed by atoms with Crippen molar-refractivity contribution < 1.29 is 28.6 Å². The summed E-state index contributed by atoms with van der Waals surface area (Å²) in [6.45, 7) is 15.1. The van der Waals surface area contributed by atoms with E-state index in [1.165, 1.54) is 38.5 Å². The first kappa shape index (κ1) is 51.9. The zero-order valence-corrected chi connectivity index (χ0v) is 36.8. The Morgan fingerprint density at radius 3 is 1.39 bits per heavy atom. The van der Waals surface area contributed by atoms with Gasteiger partial charge in [-0.1, -0.05) is 143 Å². The molecular weight excluding hydrogens is 675 g/mol. The van der Waals surface area contributed by atoms with E-state index in [-0.39, 0.29) is 34.8 Å². The number of unbranched alkanes of at least 4 members (excludes halogenated alkanes) is 16. The van der Waals surface area contributed by atoms with Gasteiger partial charge in [0.25, 0.3) is 0 Å². The summed E-state index contributed by atoms with van der Waals surface area (Å²) in [6, 6.07) is 0. The van der Waals surface area contributed by atoms with E-state index in [1.54, 1.807) is 0 Å². The Labute approximate surface area is 334 Å². The van der Waals surface area contributed by atoms with Gasteiger partial charge in [-0.25, -0.2) is 0 Å². The lowest BCUT2D eigenvalue weighted by Gasteiger charge is -2.36. The normalized spacial score (nSPS) is 12.4. The standard InChI is InChI=1S/C47H87NO6/c1-9-11-13-15-25-31-37-52-43(49)35-29-23-19-17-21-27-33-42(54-45(51)39-46(3,4)40-47(5,6)41-48(7)8)34-28-22-18-20-24-30-36-44(50)53-38-32-26-16-14-12-10-2/h25-26,31-32,42H,9-24,27-30,33-41H2,1-8H3/b31-25+,32-26+. The monoisotopic (exact) mass is 762 g/mol. The largest absolute Gasteiger partial charge is 0.462 e. The van der Waals surface area contributed by atoms with Crippen LogP contribution in [0.4, 0.5) is 0 Å². The van der Waals surface area contributed by atoms with E-state index in [4.69, 9.17) is 14.2 Å². The van der Waals surface area contributed by atoms with Crippen LogP contribution in [0.3, 0.4) is 0 Å². The Balaban J connectivity index is 4.53. The predicted octanol–water partition coefficient (Wildman–Crippen LogP) is 12.9. The fourth-order valence-electron chi connectivity index (χ4n) is 7.67. The van der Waals surface area contributed by atoms with E-state index in [0.29, 0.717) is 32.5 Å². The van der Waals surface area contributed by atoms with Crippen molar-refractivity contribution in [3.8, 4) is 0 Å². The molecule has 0 heterocycles. The minimum Gasteiger partial charge on any atom is -0.462 e. The Morgan fingerprint density at radius 2 is 0.963 bits per heavy atom. The van der Waals surface area contributed by atoms with Crippen LogP contribution in [0.2, 0.25) is 0 Å². The van der Waals surface area contributed by atoms with Gasteiger partial charge in [-0.15, -0.1) is 0 Å². The quantitative estimate of drug-likeness (QED) is 0.0270. The molecular formula is C47H87NO6. The average molecular weight is 762 g/mol. The maximum atomic E-state index is 13.3. The highest BCUT2D eigenvalue weighted by molar-refractivity contribution is 5.70. The van der Waals surface area contributed by atoms with Crippen molar-refractivity contribution in [2.24, 2.45) is 10.8 Å². The molecule has 7 nitrogen and oxygen atoms in total. The van der Waals surface area contributed by atoms with Gasteiger partial charge in [-0.3, -0.25) is 14.4 Å². The zero-order valence-electron chi connectivity index (χ0n) is 36.8. The van der Waals surface area contributed by atoms with Gasteiger partial charge in [0.15, 0.2) is 0 Å². The molecule has 0 rings (SSSR count). The second-order valence-corrected chi connectivity index (χ2v) is 17.7. The molecule has 0 unspecified atom stereocenters. The van der Waals surface area contributed by atoms with Crippen molar-refractivity contribution in [3.05, 3.63) is 24.3 Å². The van der Waals surface area contributed by atoms with E-state index in [2.05, 4.69) is 72.7 Å². The lowest BCUT2D eigenvalue weighted by atomic mass is 9.73. The number of carbonyl (C=O) groups excluding carboxylic acids is 3. The molecule has 0 aromatic carbocycles. The molecule has 0 aromatic rings. The molecule has 0 N–H and O–H groups in total. The first-order chi connectivity index (χ1) is 25.8. The number of allylic oxidation sites excluding steroid dienone is 2. The Morgan fingerprint density at radius 1 is 0.537 bits per heavy atom. The molecule has 0 aliphatic carbocycles. The summed E-state index contributed by atoms with van der Waals surface area (Å²) in [6.07, 6.45) is 34.4. The van der Waals surface area contributed by atoms with Crippen LogP contribution in [-0.4, -0.2) is 62.8 Å². The number of hydrogen-bond acceptors (Lipinski definition) is 7. The van der Waals surface area contributed by atoms with E-state index in [0.717, 1.165) is 116 Å². The number of nitrogens with zero attached hydrogens (tertiary/aromatic N) is 1. The second-order valence-electron chi connectivity index (χ2n) is 17.7. The lowest BCUT2D eigenvalue weighted by Crippen LogP contribution is -2.34. The van der Waals surface area contributed by atoms with Crippen LogP contribution in [0.1, 0.15) is 208 Å². The van der Waals surface area contributed by atoms with Crippen LogP contribution in [0.15, 0.2) is 24.3 Å². The van der Waals surface area contributed by atoms with Crippen LogP contribution < -0.4 is 0 Å². The Bertz CT molecular complexity index is 933. The molecule has 0 saturated carbocycles. The van der Waals surface area contributed by atoms with Crippen LogP contribution >= 0.6 is 0 Å². The number of rotatable bonds is 37. The highest BCUT2D eigenvalue weighted by Crippen LogP contribution is 2.37. The first-order valence-electron chi connectivity index (χ1n) is 22.3. The molecule has 0 radical (unpaired) electrons. The van der Waals surface area contributed by atoms with Crippen LogP contribution in [0.5, 0.6) is 0 Å². The van der Waals surface area contributed by atoms with E-state index in [1.807, 2.05) is 12.2 Å². The predicted molar refractivity (Wildman–Crippen MR) is 228 cm³/mol. The minimum atomic E-state index is -0.129. The molecule has 316 valence electrons. The molecule has 0 aliphatic rings. The van der Waals surface area contributed by atoms with Gasteiger partial charge < -0.3 is 19.1 Å². The second kappa shape index (κ2) is 34.1. The number of carbonyl (C=O) groups is 3. The van der Waals surface area contributed by atoms with E-state index >= 15 is 0 Å². The van der Waals surface area contributed by atoms with Gasteiger partial charge in [0.2, 0.25) is 0 Å². The summed E-state index contributed by atoms with van der Waals surface area (Å²) in [7, 11) is 4.21. The number of hydrogen-bond donors (Lipinski definition) is 0. The third-order valence-corrected chi connectivity index (χ3v) is 9.90. The fourth-order valence-corrected chi connectivity index (χ4v) is 7.67. The van der Waals surface area contributed by atoms with Crippen molar-refractivity contribution in [1.29, 1.82) is 0 Å². The summed E-state index contributed by atoms with van der Waals surface area (Å²) in [4.78, 5) is 39.5. The van der Waals surface area contributed by atoms with Crippen molar-refractivity contribution in [1.82, 2.24) is 4.90 Å². The van der Waals surface area contributed by atoms with Gasteiger partial charge in [0.05, 0.1) is 6.42 Å². The van der Waals surface area contributed by atoms with Crippen LogP contribution in [-0.2, 0) is 28.6 Å². The summed E-state index contributed by atoms with van der Waals surface area (Å²) in [5, 5.41) is 0. The van der Waals surface area contributed by atoms with Crippen LogP contribution in [0, 0.1) is 10.8 Å². The zero-order chi connectivity index (χ0) is 40.3. The van der Waals surface area contributed by atoms with Gasteiger partial charge in [-0.2, -0.15) is 0 Å². The summed E-state index contributed by atoms with van der Waals surface area (Å²) in [5.74, 6) is -0.263. The highest BCUT2D eigenvalue weighted by Gasteiger charge is 2.32. The summed E-state index contributed by atoms with van der Waals surface area (Å²) < 4.78 is 16.9. The smallest absolute Gasteiger partial charge is 0.306 e. The van der Waals surface area contributed by atoms with Gasteiger partial charge in [-0.05, 0) is 95.6 Å². The van der Waals surface area contributed by atoms with Crippen molar-refractivity contribution in [2.75, 3.05) is 33.9 Å². The fraction of sp³-hybridized carbons (Fsp3) is 0.851. The molecule has 0 bridgehead atoms. The van der Waals surface area contributed by atoms with E-state index < -0.39 is 0 Å².